The lowest BCUT2D eigenvalue weighted by Crippen LogP contribution is -2.49. The average Bonchev–Trinajstić information content (AvgIpc) is 3.38. The van der Waals surface area contributed by atoms with Crippen LogP contribution in [0.4, 0.5) is 10.1 Å². The predicted molar refractivity (Wildman–Crippen MR) is 142 cm³/mol. The van der Waals surface area contributed by atoms with Gasteiger partial charge in [-0.05, 0) is 48.5 Å². The highest BCUT2D eigenvalue weighted by molar-refractivity contribution is 6.30. The van der Waals surface area contributed by atoms with E-state index in [1.807, 2.05) is 35.2 Å². The minimum atomic E-state index is -0.264. The van der Waals surface area contributed by atoms with Crippen molar-refractivity contribution in [3.63, 3.8) is 0 Å². The topological polar surface area (TPSA) is 59.8 Å². The van der Waals surface area contributed by atoms with Crippen molar-refractivity contribution >= 4 is 23.2 Å². The van der Waals surface area contributed by atoms with Crippen molar-refractivity contribution in [2.45, 2.75) is 0 Å². The lowest BCUT2D eigenvalue weighted by molar-refractivity contribution is 0.0737. The minimum absolute atomic E-state index is 0.167. The normalized spacial score (nSPS) is 13.5. The van der Waals surface area contributed by atoms with E-state index in [1.165, 1.54) is 6.07 Å². The Morgan fingerprint density at radius 1 is 0.919 bits per heavy atom. The summed E-state index contributed by atoms with van der Waals surface area (Å²) in [4.78, 5) is 17.5. The number of amides is 1. The molecule has 37 heavy (non-hydrogen) atoms. The zero-order valence-corrected chi connectivity index (χ0v) is 21.3. The third-order valence-electron chi connectivity index (χ3n) is 6.43. The van der Waals surface area contributed by atoms with E-state index in [2.05, 4.69) is 0 Å². The zero-order valence-electron chi connectivity index (χ0n) is 20.5. The van der Waals surface area contributed by atoms with Crippen LogP contribution in [-0.4, -0.2) is 61.0 Å². The lowest BCUT2D eigenvalue weighted by Gasteiger charge is -2.36. The first-order chi connectivity index (χ1) is 18.0. The quantitative estimate of drug-likeness (QED) is 0.345. The van der Waals surface area contributed by atoms with E-state index in [0.29, 0.717) is 65.5 Å². The summed E-state index contributed by atoms with van der Waals surface area (Å²) in [5.74, 6) is 0.797. The first kappa shape index (κ1) is 24.6. The number of aromatic nitrogens is 2. The van der Waals surface area contributed by atoms with Gasteiger partial charge in [0.05, 0.1) is 31.3 Å². The number of carbonyl (C=O) groups is 1. The first-order valence-corrected chi connectivity index (χ1v) is 12.2. The van der Waals surface area contributed by atoms with Gasteiger partial charge >= 0.3 is 0 Å². The number of anilines is 1. The Labute approximate surface area is 219 Å². The van der Waals surface area contributed by atoms with Gasteiger partial charge in [0.25, 0.3) is 5.91 Å². The number of piperazine rings is 1. The molecule has 0 aliphatic carbocycles. The molecule has 5 rings (SSSR count). The summed E-state index contributed by atoms with van der Waals surface area (Å²) < 4.78 is 26.8. The molecule has 1 fully saturated rings. The summed E-state index contributed by atoms with van der Waals surface area (Å²) in [5, 5.41) is 5.31. The Morgan fingerprint density at radius 2 is 1.70 bits per heavy atom. The summed E-state index contributed by atoms with van der Waals surface area (Å²) in [5.41, 5.74) is 2.91. The van der Waals surface area contributed by atoms with Gasteiger partial charge in [-0.15, -0.1) is 0 Å². The van der Waals surface area contributed by atoms with E-state index in [0.717, 1.165) is 5.56 Å². The van der Waals surface area contributed by atoms with Crippen molar-refractivity contribution in [3.8, 4) is 28.4 Å². The smallest absolute Gasteiger partial charge is 0.272 e. The highest BCUT2D eigenvalue weighted by Gasteiger charge is 2.27. The van der Waals surface area contributed by atoms with E-state index in [1.54, 1.807) is 60.2 Å². The molecule has 1 aliphatic heterocycles. The van der Waals surface area contributed by atoms with Crippen LogP contribution in [0.5, 0.6) is 11.5 Å². The third kappa shape index (κ3) is 4.97. The van der Waals surface area contributed by atoms with Crippen molar-refractivity contribution in [1.82, 2.24) is 14.7 Å². The largest absolute Gasteiger partial charge is 0.497 e. The van der Waals surface area contributed by atoms with Crippen LogP contribution in [0.1, 0.15) is 10.5 Å². The molecule has 0 saturated carbocycles. The Morgan fingerprint density at radius 3 is 2.41 bits per heavy atom. The number of methoxy groups -OCH3 is 2. The minimum Gasteiger partial charge on any atom is -0.497 e. The van der Waals surface area contributed by atoms with Crippen LogP contribution in [0.2, 0.25) is 5.02 Å². The van der Waals surface area contributed by atoms with Gasteiger partial charge in [-0.3, -0.25) is 4.79 Å². The lowest BCUT2D eigenvalue weighted by atomic mass is 10.1. The zero-order chi connectivity index (χ0) is 25.9. The molecule has 1 aliphatic rings. The van der Waals surface area contributed by atoms with Gasteiger partial charge in [-0.25, -0.2) is 9.07 Å². The molecule has 2 heterocycles. The summed E-state index contributed by atoms with van der Waals surface area (Å²) in [6.07, 6.45) is 0. The molecular formula is C28H26ClFN4O3. The second-order valence-electron chi connectivity index (χ2n) is 8.60. The van der Waals surface area contributed by atoms with E-state index in [4.69, 9.17) is 26.2 Å². The maximum absolute atomic E-state index is 14.3. The average molecular weight is 521 g/mol. The Balaban J connectivity index is 1.48. The number of carbonyl (C=O) groups excluding carboxylic acids is 1. The number of para-hydroxylation sites is 1. The van der Waals surface area contributed by atoms with E-state index in [-0.39, 0.29) is 11.7 Å². The molecule has 0 unspecified atom stereocenters. The molecule has 9 heteroatoms. The monoisotopic (exact) mass is 520 g/mol. The Bertz CT molecular complexity index is 1430. The van der Waals surface area contributed by atoms with Crippen LogP contribution in [0.3, 0.4) is 0 Å². The second-order valence-corrected chi connectivity index (χ2v) is 9.04. The van der Waals surface area contributed by atoms with E-state index >= 15 is 0 Å². The number of hydrogen-bond donors (Lipinski definition) is 0. The summed E-state index contributed by atoms with van der Waals surface area (Å²) >= 11 is 6.26. The fraction of sp³-hybridized carbons (Fsp3) is 0.214. The maximum atomic E-state index is 14.3. The van der Waals surface area contributed by atoms with Gasteiger partial charge < -0.3 is 19.3 Å². The molecule has 0 N–H and O–H groups in total. The van der Waals surface area contributed by atoms with Crippen molar-refractivity contribution < 1.29 is 18.7 Å². The highest BCUT2D eigenvalue weighted by atomic mass is 35.5. The molecule has 7 nitrogen and oxygen atoms in total. The van der Waals surface area contributed by atoms with Gasteiger partial charge in [0.1, 0.15) is 23.0 Å². The van der Waals surface area contributed by atoms with Crippen molar-refractivity contribution in [1.29, 1.82) is 0 Å². The SMILES string of the molecule is COc1ccc(-c2cc(C(=O)N3CCN(c4ccccc4F)CC3)n(-c3cccc(Cl)c3)n2)c(OC)c1. The number of hydrogen-bond acceptors (Lipinski definition) is 5. The standard InChI is InChI=1S/C28H26ClFN4O3/c1-36-21-10-11-22(27(17-21)37-2)24-18-26(34(31-24)20-7-5-6-19(29)16-20)28(35)33-14-12-32(13-15-33)25-9-4-3-8-23(25)30/h3-11,16-18H,12-15H2,1-2H3. The number of halogens is 2. The van der Waals surface area contributed by atoms with E-state index < -0.39 is 0 Å². The molecule has 190 valence electrons. The summed E-state index contributed by atoms with van der Waals surface area (Å²) in [6, 6.07) is 21.1. The summed E-state index contributed by atoms with van der Waals surface area (Å²) in [7, 11) is 3.17. The predicted octanol–water partition coefficient (Wildman–Crippen LogP) is 5.31. The van der Waals surface area contributed by atoms with Gasteiger partial charge in [0.15, 0.2) is 0 Å². The van der Waals surface area contributed by atoms with Crippen molar-refractivity contribution in [2.75, 3.05) is 45.3 Å². The molecule has 1 saturated heterocycles. The molecule has 3 aromatic carbocycles. The van der Waals surface area contributed by atoms with Crippen LogP contribution in [0.15, 0.2) is 72.8 Å². The third-order valence-corrected chi connectivity index (χ3v) is 6.66. The number of ether oxygens (including phenoxy) is 2. The van der Waals surface area contributed by atoms with Gasteiger partial charge in [-0.2, -0.15) is 5.10 Å². The van der Waals surface area contributed by atoms with Gasteiger partial charge in [0, 0.05) is 42.8 Å². The maximum Gasteiger partial charge on any atom is 0.272 e. The van der Waals surface area contributed by atoms with E-state index in [9.17, 15) is 9.18 Å². The van der Waals surface area contributed by atoms with Crippen LogP contribution in [0, 0.1) is 5.82 Å². The highest BCUT2D eigenvalue weighted by Crippen LogP contribution is 2.34. The Kier molecular flexibility index (Phi) is 7.01. The van der Waals surface area contributed by atoms with Crippen LogP contribution in [0.25, 0.3) is 16.9 Å². The molecule has 1 aromatic heterocycles. The van der Waals surface area contributed by atoms with Crippen LogP contribution >= 0.6 is 11.6 Å². The first-order valence-electron chi connectivity index (χ1n) is 11.9. The molecule has 0 radical (unpaired) electrons. The second kappa shape index (κ2) is 10.5. The molecule has 0 bridgehead atoms. The number of nitrogens with zero attached hydrogens (tertiary/aromatic N) is 4. The molecule has 0 spiro atoms. The molecular weight excluding hydrogens is 495 g/mol. The van der Waals surface area contributed by atoms with Crippen molar-refractivity contribution in [3.05, 3.63) is 89.3 Å². The van der Waals surface area contributed by atoms with Crippen LogP contribution < -0.4 is 14.4 Å². The number of rotatable bonds is 6. The molecule has 1 amide bonds. The number of benzene rings is 3. The fourth-order valence-corrected chi connectivity index (χ4v) is 4.69. The van der Waals surface area contributed by atoms with Crippen LogP contribution in [-0.2, 0) is 0 Å². The van der Waals surface area contributed by atoms with Gasteiger partial charge in [-0.1, -0.05) is 29.8 Å². The van der Waals surface area contributed by atoms with Crippen molar-refractivity contribution in [2.24, 2.45) is 0 Å². The van der Waals surface area contributed by atoms with Gasteiger partial charge in [0.2, 0.25) is 0 Å². The Hall–Kier alpha value is -4.04. The fourth-order valence-electron chi connectivity index (χ4n) is 4.50. The summed E-state index contributed by atoms with van der Waals surface area (Å²) in [6.45, 7) is 1.96. The molecule has 4 aromatic rings. The molecule has 0 atom stereocenters.